The third-order valence-electron chi connectivity index (χ3n) is 16.6. The minimum absolute atomic E-state index is 0.101. The highest BCUT2D eigenvalue weighted by Crippen LogP contribution is 2.45. The molecule has 2 unspecified atom stereocenters. The van der Waals surface area contributed by atoms with Crippen molar-refractivity contribution < 1.29 is 80.2 Å². The molecule has 0 aliphatic heterocycles. The summed E-state index contributed by atoms with van der Waals surface area (Å²) >= 11 is 0. The smallest absolute Gasteiger partial charge is 0.462 e. The van der Waals surface area contributed by atoms with Crippen molar-refractivity contribution in [3.05, 3.63) is 24.3 Å². The van der Waals surface area contributed by atoms with Crippen molar-refractivity contribution in [3.63, 3.8) is 0 Å². The molecule has 0 rings (SSSR count). The van der Waals surface area contributed by atoms with Gasteiger partial charge >= 0.3 is 39.5 Å². The Morgan fingerprint density at radius 2 is 0.581 bits per heavy atom. The van der Waals surface area contributed by atoms with Gasteiger partial charge in [-0.2, -0.15) is 0 Å². The van der Waals surface area contributed by atoms with E-state index in [0.717, 1.165) is 121 Å². The van der Waals surface area contributed by atoms with Gasteiger partial charge in [-0.05, 0) is 63.2 Å². The Hall–Kier alpha value is -2.46. The summed E-state index contributed by atoms with van der Waals surface area (Å²) in [5.74, 6) is -0.739. The van der Waals surface area contributed by atoms with E-state index >= 15 is 0 Å². The molecule has 0 spiro atoms. The van der Waals surface area contributed by atoms with Crippen molar-refractivity contribution in [1.82, 2.24) is 0 Å². The number of unbranched alkanes of at least 4 members (excludes halogenated alkanes) is 38. The summed E-state index contributed by atoms with van der Waals surface area (Å²) in [5, 5.41) is 10.6. The van der Waals surface area contributed by atoms with E-state index in [9.17, 15) is 43.2 Å². The van der Waals surface area contributed by atoms with Gasteiger partial charge in [0.05, 0.1) is 26.4 Å². The van der Waals surface area contributed by atoms with Gasteiger partial charge in [-0.1, -0.05) is 303 Å². The van der Waals surface area contributed by atoms with Crippen LogP contribution in [0.1, 0.15) is 356 Å². The molecule has 0 aromatic heterocycles. The van der Waals surface area contributed by atoms with E-state index in [0.29, 0.717) is 31.6 Å². The molecule has 3 N–H and O–H groups in total. The molecular weight excluding hydrogens is 1220 g/mol. The van der Waals surface area contributed by atoms with E-state index in [4.69, 9.17) is 37.0 Å². The van der Waals surface area contributed by atoms with Gasteiger partial charge in [0.25, 0.3) is 0 Å². The summed E-state index contributed by atoms with van der Waals surface area (Å²) in [6.45, 7) is 9.40. The number of allylic oxidation sites excluding steroid dienone is 4. The first-order valence-corrected chi connectivity index (χ1v) is 40.8. The molecule has 0 aliphatic carbocycles. The summed E-state index contributed by atoms with van der Waals surface area (Å²) in [5.41, 5.74) is 0. The molecule has 19 heteroatoms. The van der Waals surface area contributed by atoms with Gasteiger partial charge in [-0.25, -0.2) is 9.13 Å². The topological polar surface area (TPSA) is 237 Å². The zero-order chi connectivity index (χ0) is 68.6. The second-order valence-electron chi connectivity index (χ2n) is 27.0. The summed E-state index contributed by atoms with van der Waals surface area (Å²) in [6, 6.07) is 0. The van der Waals surface area contributed by atoms with E-state index in [1.807, 2.05) is 0 Å². The average Bonchev–Trinajstić information content (AvgIpc) is 3.49. The van der Waals surface area contributed by atoms with Crippen LogP contribution in [0.5, 0.6) is 0 Å². The van der Waals surface area contributed by atoms with Crippen LogP contribution in [0.4, 0.5) is 0 Å². The number of hydrogen-bond donors (Lipinski definition) is 3. The Labute approximate surface area is 567 Å². The highest BCUT2D eigenvalue weighted by molar-refractivity contribution is 7.47. The SMILES string of the molecule is CCCCCC/C=C\C=C/CCCCCCCC(=O)OC[C@H](COP(=O)(O)OC[C@@H](O)COP(=O)(O)OC[C@@H](COC(=O)CCCCCCCCC(C)C)OC(=O)CCCCCCCCCCCC(C)C)OC(=O)CCCCCCCCCCCCCCCCCCC. The Kier molecular flexibility index (Phi) is 63.7. The highest BCUT2D eigenvalue weighted by atomic mass is 31.2. The Morgan fingerprint density at radius 1 is 0.333 bits per heavy atom. The zero-order valence-electron chi connectivity index (χ0n) is 60.0. The normalized spacial score (nSPS) is 14.2. The van der Waals surface area contributed by atoms with E-state index in [-0.39, 0.29) is 25.7 Å². The lowest BCUT2D eigenvalue weighted by Crippen LogP contribution is -2.30. The van der Waals surface area contributed by atoms with Crippen molar-refractivity contribution in [2.75, 3.05) is 39.6 Å². The Morgan fingerprint density at radius 3 is 0.882 bits per heavy atom. The molecule has 548 valence electrons. The predicted octanol–water partition coefficient (Wildman–Crippen LogP) is 21.1. The molecule has 0 saturated heterocycles. The van der Waals surface area contributed by atoms with Crippen molar-refractivity contribution in [2.45, 2.75) is 374 Å². The highest BCUT2D eigenvalue weighted by Gasteiger charge is 2.30. The van der Waals surface area contributed by atoms with Crippen LogP contribution in [0.3, 0.4) is 0 Å². The molecule has 5 atom stereocenters. The maximum atomic E-state index is 13.1. The fraction of sp³-hybridized carbons (Fsp3) is 0.892. The molecule has 93 heavy (non-hydrogen) atoms. The standard InChI is InChI=1S/C74H140O17P2/c1-7-9-11-13-15-17-19-21-23-24-26-28-30-34-38-46-52-58-73(78)90-69(62-84-71(76)56-50-44-37-33-29-27-25-22-20-18-16-14-12-10-8-2)64-88-92(80,81)86-60-68(75)61-87-93(82,83)89-65-70(63-85-72(77)57-51-45-41-40-43-49-55-67(5)6)91-74(79)59-53-47-39-35-31-32-36-42-48-54-66(3)4/h18,20,22,25,66-70,75H,7-17,19,21,23-24,26-65H2,1-6H3,(H,80,81)(H,82,83)/b20-18-,25-22-/t68-,69-,70-/m1/s1. The van der Waals surface area contributed by atoms with Crippen LogP contribution in [-0.2, 0) is 65.4 Å². The lowest BCUT2D eigenvalue weighted by atomic mass is 10.0. The maximum Gasteiger partial charge on any atom is 0.472 e. The zero-order valence-corrected chi connectivity index (χ0v) is 61.8. The molecule has 0 aromatic rings. The molecule has 0 fully saturated rings. The number of carbonyl (C=O) groups is 4. The second kappa shape index (κ2) is 65.5. The van der Waals surface area contributed by atoms with Gasteiger partial charge in [0.1, 0.15) is 19.3 Å². The van der Waals surface area contributed by atoms with Crippen LogP contribution < -0.4 is 0 Å². The molecule has 0 heterocycles. The number of aliphatic hydroxyl groups excluding tert-OH is 1. The monoisotopic (exact) mass is 1360 g/mol. The molecule has 0 amide bonds. The number of ether oxygens (including phenoxy) is 4. The molecule has 17 nitrogen and oxygen atoms in total. The number of carbonyl (C=O) groups excluding carboxylic acids is 4. The molecule has 0 saturated carbocycles. The molecule has 0 aliphatic rings. The van der Waals surface area contributed by atoms with Gasteiger partial charge in [-0.3, -0.25) is 37.3 Å². The summed E-state index contributed by atoms with van der Waals surface area (Å²) in [7, 11) is -9.92. The van der Waals surface area contributed by atoms with Gasteiger partial charge in [-0.15, -0.1) is 0 Å². The molecule has 0 bridgehead atoms. The molecule has 0 radical (unpaired) electrons. The first-order chi connectivity index (χ1) is 44.9. The third kappa shape index (κ3) is 67.9. The van der Waals surface area contributed by atoms with Gasteiger partial charge in [0.15, 0.2) is 12.2 Å². The molecule has 0 aromatic carbocycles. The minimum atomic E-state index is -4.96. The van der Waals surface area contributed by atoms with Crippen molar-refractivity contribution >= 4 is 39.5 Å². The lowest BCUT2D eigenvalue weighted by Gasteiger charge is -2.21. The number of hydrogen-bond acceptors (Lipinski definition) is 15. The predicted molar refractivity (Wildman–Crippen MR) is 377 cm³/mol. The molecular formula is C74H140O17P2. The fourth-order valence-electron chi connectivity index (χ4n) is 10.8. The van der Waals surface area contributed by atoms with Gasteiger partial charge in [0, 0.05) is 25.7 Å². The van der Waals surface area contributed by atoms with Crippen LogP contribution in [0.15, 0.2) is 24.3 Å². The largest absolute Gasteiger partial charge is 0.472 e. The van der Waals surface area contributed by atoms with E-state index in [2.05, 4.69) is 65.8 Å². The van der Waals surface area contributed by atoms with E-state index < -0.39 is 97.5 Å². The maximum absolute atomic E-state index is 13.1. The summed E-state index contributed by atoms with van der Waals surface area (Å²) < 4.78 is 68.4. The van der Waals surface area contributed by atoms with Crippen LogP contribution >= 0.6 is 15.6 Å². The average molecular weight is 1360 g/mol. The van der Waals surface area contributed by atoms with E-state index in [1.165, 1.54) is 148 Å². The number of aliphatic hydroxyl groups is 1. The van der Waals surface area contributed by atoms with Crippen LogP contribution in [0.25, 0.3) is 0 Å². The third-order valence-corrected chi connectivity index (χ3v) is 18.5. The second-order valence-corrected chi connectivity index (χ2v) is 29.9. The van der Waals surface area contributed by atoms with Gasteiger partial charge in [0.2, 0.25) is 0 Å². The number of rotatable bonds is 71. The van der Waals surface area contributed by atoms with Gasteiger partial charge < -0.3 is 33.8 Å². The lowest BCUT2D eigenvalue weighted by molar-refractivity contribution is -0.161. The Bertz CT molecular complexity index is 1900. The first kappa shape index (κ1) is 90.5. The Balaban J connectivity index is 5.27. The van der Waals surface area contributed by atoms with Crippen LogP contribution in [0, 0.1) is 11.8 Å². The summed E-state index contributed by atoms with van der Waals surface area (Å²) in [6.07, 6.45) is 55.1. The van der Waals surface area contributed by atoms with E-state index in [1.54, 1.807) is 0 Å². The van der Waals surface area contributed by atoms with Crippen molar-refractivity contribution in [3.8, 4) is 0 Å². The number of phosphoric ester groups is 2. The minimum Gasteiger partial charge on any atom is -0.462 e. The quantitative estimate of drug-likeness (QED) is 0.0169. The first-order valence-electron chi connectivity index (χ1n) is 37.8. The van der Waals surface area contributed by atoms with Crippen molar-refractivity contribution in [2.24, 2.45) is 11.8 Å². The van der Waals surface area contributed by atoms with Crippen molar-refractivity contribution in [1.29, 1.82) is 0 Å². The summed E-state index contributed by atoms with van der Waals surface area (Å²) in [4.78, 5) is 72.6. The van der Waals surface area contributed by atoms with Crippen LogP contribution in [0.2, 0.25) is 0 Å². The van der Waals surface area contributed by atoms with Crippen LogP contribution in [-0.4, -0.2) is 96.7 Å². The number of phosphoric acid groups is 2. The fourth-order valence-corrected chi connectivity index (χ4v) is 12.3. The number of esters is 4.